The van der Waals surface area contributed by atoms with Gasteiger partial charge in [0, 0.05) is 19.6 Å². The summed E-state index contributed by atoms with van der Waals surface area (Å²) in [7, 11) is 0. The average Bonchev–Trinajstić information content (AvgIpc) is 2.73. The lowest BCUT2D eigenvalue weighted by molar-refractivity contribution is 0.102. The second-order valence-corrected chi connectivity index (χ2v) is 7.26. The molecular formula is C13H11Br2IN2O. The van der Waals surface area contributed by atoms with E-state index in [2.05, 4.69) is 59.5 Å². The third kappa shape index (κ3) is 3.11. The van der Waals surface area contributed by atoms with E-state index in [1.54, 1.807) is 10.9 Å². The van der Waals surface area contributed by atoms with Crippen LogP contribution in [0, 0.1) is 3.57 Å². The van der Waals surface area contributed by atoms with Gasteiger partial charge >= 0.3 is 0 Å². The molecule has 0 aliphatic rings. The number of hydrogen-bond donors (Lipinski definition) is 0. The van der Waals surface area contributed by atoms with Crippen molar-refractivity contribution in [1.82, 2.24) is 9.78 Å². The van der Waals surface area contributed by atoms with Crippen molar-refractivity contribution in [2.24, 2.45) is 0 Å². The van der Waals surface area contributed by atoms with Gasteiger partial charge in [-0.1, -0.05) is 15.9 Å². The number of halogens is 3. The zero-order valence-corrected chi connectivity index (χ0v) is 15.7. The molecule has 0 atom stereocenters. The minimum absolute atomic E-state index is 0.0243. The molecule has 0 spiro atoms. The van der Waals surface area contributed by atoms with Crippen molar-refractivity contribution < 1.29 is 4.79 Å². The zero-order chi connectivity index (χ0) is 14.2. The summed E-state index contributed by atoms with van der Waals surface area (Å²) in [5.41, 5.74) is 1.27. The third-order valence-corrected chi connectivity index (χ3v) is 4.64. The Morgan fingerprint density at radius 1 is 1.37 bits per heavy atom. The number of nitrogens with zero attached hydrogens (tertiary/aromatic N) is 2. The topological polar surface area (TPSA) is 34.9 Å². The van der Waals surface area contributed by atoms with Crippen LogP contribution < -0.4 is 0 Å². The molecule has 0 saturated heterocycles. The van der Waals surface area contributed by atoms with Crippen LogP contribution in [-0.2, 0) is 0 Å². The van der Waals surface area contributed by atoms with Crippen LogP contribution in [0.4, 0.5) is 0 Å². The largest absolute Gasteiger partial charge is 0.287 e. The van der Waals surface area contributed by atoms with Crippen molar-refractivity contribution in [2.45, 2.75) is 19.9 Å². The van der Waals surface area contributed by atoms with Gasteiger partial charge < -0.3 is 0 Å². The molecule has 0 unspecified atom stereocenters. The minimum atomic E-state index is -0.0243. The van der Waals surface area contributed by atoms with Gasteiger partial charge in [-0.2, -0.15) is 5.10 Å². The Bertz CT molecular complexity index is 638. The van der Waals surface area contributed by atoms with Gasteiger partial charge in [0.2, 0.25) is 5.78 Å². The Hall–Kier alpha value is -0.210. The quantitative estimate of drug-likeness (QED) is 0.450. The van der Waals surface area contributed by atoms with Crippen LogP contribution >= 0.6 is 54.5 Å². The van der Waals surface area contributed by atoms with Crippen molar-refractivity contribution >= 4 is 60.2 Å². The van der Waals surface area contributed by atoms with Gasteiger partial charge in [0.25, 0.3) is 0 Å². The van der Waals surface area contributed by atoms with E-state index in [9.17, 15) is 4.79 Å². The van der Waals surface area contributed by atoms with E-state index in [1.165, 1.54) is 0 Å². The van der Waals surface area contributed by atoms with Crippen LogP contribution in [0.2, 0.25) is 0 Å². The summed E-state index contributed by atoms with van der Waals surface area (Å²) in [5.74, 6) is -0.0243. The van der Waals surface area contributed by atoms with Crippen LogP contribution in [0.25, 0.3) is 0 Å². The maximum Gasteiger partial charge on any atom is 0.213 e. The van der Waals surface area contributed by atoms with E-state index in [-0.39, 0.29) is 11.8 Å². The summed E-state index contributed by atoms with van der Waals surface area (Å²) in [4.78, 5) is 12.7. The van der Waals surface area contributed by atoms with Crippen molar-refractivity contribution in [1.29, 1.82) is 0 Å². The predicted octanol–water partition coefficient (Wildman–Crippen LogP) is 4.82. The number of carbonyl (C=O) groups is 1. The molecule has 1 aromatic carbocycles. The summed E-state index contributed by atoms with van der Waals surface area (Å²) in [5, 5.41) is 4.25. The van der Waals surface area contributed by atoms with Crippen molar-refractivity contribution in [3.63, 3.8) is 0 Å². The molecule has 1 heterocycles. The fourth-order valence-corrected chi connectivity index (χ4v) is 3.14. The monoisotopic (exact) mass is 496 g/mol. The summed E-state index contributed by atoms with van der Waals surface area (Å²) in [6.45, 7) is 4.00. The highest BCUT2D eigenvalue weighted by molar-refractivity contribution is 14.1. The third-order valence-electron chi connectivity index (χ3n) is 2.63. The molecule has 6 heteroatoms. The Morgan fingerprint density at radius 3 is 2.68 bits per heavy atom. The molecular weight excluding hydrogens is 487 g/mol. The van der Waals surface area contributed by atoms with Gasteiger partial charge in [0.15, 0.2) is 0 Å². The van der Waals surface area contributed by atoms with Crippen molar-refractivity contribution in [3.8, 4) is 0 Å². The number of rotatable bonds is 3. The first kappa shape index (κ1) is 15.2. The molecule has 0 saturated carbocycles. The van der Waals surface area contributed by atoms with Gasteiger partial charge in [-0.15, -0.1) is 0 Å². The van der Waals surface area contributed by atoms with E-state index in [4.69, 9.17) is 0 Å². The molecule has 2 aromatic rings. The molecule has 0 aliphatic heterocycles. The molecule has 100 valence electrons. The van der Waals surface area contributed by atoms with Gasteiger partial charge in [0.1, 0.15) is 5.69 Å². The van der Waals surface area contributed by atoms with E-state index >= 15 is 0 Å². The van der Waals surface area contributed by atoms with E-state index in [1.807, 2.05) is 32.0 Å². The molecule has 0 fully saturated rings. The number of ketones is 1. The molecule has 19 heavy (non-hydrogen) atoms. The highest BCUT2D eigenvalue weighted by atomic mass is 127. The lowest BCUT2D eigenvalue weighted by atomic mass is 10.1. The molecule has 0 amide bonds. The second kappa shape index (κ2) is 6.05. The van der Waals surface area contributed by atoms with Crippen LogP contribution in [0.3, 0.4) is 0 Å². The van der Waals surface area contributed by atoms with Crippen LogP contribution in [-0.4, -0.2) is 15.6 Å². The summed E-state index contributed by atoms with van der Waals surface area (Å²) in [6.07, 6.45) is 1.66. The molecule has 0 N–H and O–H groups in total. The maximum atomic E-state index is 12.7. The number of benzene rings is 1. The Kier molecular flexibility index (Phi) is 4.84. The van der Waals surface area contributed by atoms with Gasteiger partial charge in [-0.05, 0) is 70.6 Å². The summed E-state index contributed by atoms with van der Waals surface area (Å²) < 4.78 is 4.28. The van der Waals surface area contributed by atoms with Crippen LogP contribution in [0.15, 0.2) is 33.3 Å². The predicted molar refractivity (Wildman–Crippen MR) is 90.6 cm³/mol. The van der Waals surface area contributed by atoms with Crippen molar-refractivity contribution in [3.05, 3.63) is 48.2 Å². The highest BCUT2D eigenvalue weighted by Crippen LogP contribution is 2.26. The van der Waals surface area contributed by atoms with Crippen LogP contribution in [0.5, 0.6) is 0 Å². The molecule has 1 aromatic heterocycles. The first-order valence-corrected chi connectivity index (χ1v) is 8.31. The Labute approximate surface area is 142 Å². The second-order valence-electron chi connectivity index (χ2n) is 4.33. The lowest BCUT2D eigenvalue weighted by Gasteiger charge is -2.11. The standard InChI is InChI=1S/C13H11Br2IN2O/c1-7(2)18-12(10(15)6-17-18)13(19)9-5-8(14)3-4-11(9)16/h3-7H,1-2H3. The lowest BCUT2D eigenvalue weighted by Crippen LogP contribution is -2.14. The first-order valence-electron chi connectivity index (χ1n) is 5.64. The average molecular weight is 498 g/mol. The van der Waals surface area contributed by atoms with E-state index in [0.717, 1.165) is 12.5 Å². The van der Waals surface area contributed by atoms with Gasteiger partial charge in [-0.3, -0.25) is 9.48 Å². The number of hydrogen-bond acceptors (Lipinski definition) is 2. The first-order chi connectivity index (χ1) is 8.91. The number of aromatic nitrogens is 2. The molecule has 0 aliphatic carbocycles. The molecule has 0 radical (unpaired) electrons. The van der Waals surface area contributed by atoms with E-state index in [0.29, 0.717) is 11.3 Å². The van der Waals surface area contributed by atoms with Crippen LogP contribution in [0.1, 0.15) is 35.9 Å². The highest BCUT2D eigenvalue weighted by Gasteiger charge is 2.22. The zero-order valence-electron chi connectivity index (χ0n) is 10.3. The van der Waals surface area contributed by atoms with Gasteiger partial charge in [-0.25, -0.2) is 0 Å². The fourth-order valence-electron chi connectivity index (χ4n) is 1.74. The Morgan fingerprint density at radius 2 is 2.05 bits per heavy atom. The number of carbonyl (C=O) groups excluding carboxylic acids is 1. The summed E-state index contributed by atoms with van der Waals surface area (Å²) >= 11 is 8.98. The van der Waals surface area contributed by atoms with E-state index < -0.39 is 0 Å². The maximum absolute atomic E-state index is 12.7. The molecule has 2 rings (SSSR count). The fraction of sp³-hybridized carbons (Fsp3) is 0.231. The normalized spacial score (nSPS) is 11.1. The molecule has 3 nitrogen and oxygen atoms in total. The van der Waals surface area contributed by atoms with Gasteiger partial charge in [0.05, 0.1) is 10.7 Å². The molecule has 0 bridgehead atoms. The van der Waals surface area contributed by atoms with Crippen molar-refractivity contribution in [2.75, 3.05) is 0 Å². The SMILES string of the molecule is CC(C)n1ncc(Br)c1C(=O)c1cc(Br)ccc1I. The smallest absolute Gasteiger partial charge is 0.213 e. The summed E-state index contributed by atoms with van der Waals surface area (Å²) in [6, 6.07) is 5.82. The Balaban J connectivity index is 2.56. The minimum Gasteiger partial charge on any atom is -0.287 e.